The highest BCUT2D eigenvalue weighted by atomic mass is 16.2. The molecule has 4 heterocycles. The normalized spacial score (nSPS) is 18.9. The molecule has 1 saturated heterocycles. The predicted molar refractivity (Wildman–Crippen MR) is 143 cm³/mol. The number of aromatic nitrogens is 2. The standard InChI is InChI=1S/C30H28N4O3/c1-32-18-22(24-10-5-6-11-27(24)32)15-25(31-29(36)21-8-3-2-4-9-21)30(37)33-16-20-14-23(19-33)26-12-7-13-28(35)34(26)17-20/h2-13,15,18,20,23H,14,16-17,19H2,1H3,(H,31,36)/b25-15-/t20-,23-/m1/s1. The van der Waals surface area contributed by atoms with Gasteiger partial charge in [-0.3, -0.25) is 14.4 Å². The fourth-order valence-electron chi connectivity index (χ4n) is 5.81. The Balaban J connectivity index is 1.36. The zero-order valence-corrected chi connectivity index (χ0v) is 20.6. The molecule has 0 radical (unpaired) electrons. The number of hydrogen-bond acceptors (Lipinski definition) is 3. The van der Waals surface area contributed by atoms with Gasteiger partial charge in [0.1, 0.15) is 5.70 Å². The summed E-state index contributed by atoms with van der Waals surface area (Å²) in [5.41, 5.74) is 3.64. The Bertz CT molecular complexity index is 1600. The molecule has 2 aliphatic heterocycles. The summed E-state index contributed by atoms with van der Waals surface area (Å²) in [6, 6.07) is 22.3. The third-order valence-corrected chi connectivity index (χ3v) is 7.51. The van der Waals surface area contributed by atoms with E-state index in [0.717, 1.165) is 28.6 Å². The maximum absolute atomic E-state index is 14.0. The molecule has 0 saturated carbocycles. The number of carbonyl (C=O) groups excluding carboxylic acids is 2. The molecule has 7 nitrogen and oxygen atoms in total. The molecule has 37 heavy (non-hydrogen) atoms. The van der Waals surface area contributed by atoms with E-state index in [1.165, 1.54) is 0 Å². The maximum atomic E-state index is 14.0. The van der Waals surface area contributed by atoms with Crippen molar-refractivity contribution in [1.29, 1.82) is 0 Å². The zero-order valence-electron chi connectivity index (χ0n) is 20.6. The number of fused-ring (bicyclic) bond motifs is 5. The fourth-order valence-corrected chi connectivity index (χ4v) is 5.81. The Morgan fingerprint density at radius 1 is 0.919 bits per heavy atom. The second-order valence-electron chi connectivity index (χ2n) is 10.00. The molecular weight excluding hydrogens is 464 g/mol. The summed E-state index contributed by atoms with van der Waals surface area (Å²) in [6.07, 6.45) is 4.71. The van der Waals surface area contributed by atoms with Crippen LogP contribution in [0, 0.1) is 5.92 Å². The number of benzene rings is 2. The number of rotatable bonds is 4. The molecule has 4 aromatic rings. The van der Waals surface area contributed by atoms with Gasteiger partial charge in [-0.15, -0.1) is 0 Å². The highest BCUT2D eigenvalue weighted by molar-refractivity contribution is 6.06. The molecule has 0 spiro atoms. The molecule has 2 aromatic carbocycles. The first-order chi connectivity index (χ1) is 18.0. The van der Waals surface area contributed by atoms with Crippen LogP contribution < -0.4 is 10.9 Å². The van der Waals surface area contributed by atoms with Crippen LogP contribution in [-0.2, 0) is 18.4 Å². The van der Waals surface area contributed by atoms with Crippen LogP contribution in [-0.4, -0.2) is 38.9 Å². The molecule has 6 rings (SSSR count). The summed E-state index contributed by atoms with van der Waals surface area (Å²) in [5, 5.41) is 3.92. The highest BCUT2D eigenvalue weighted by Crippen LogP contribution is 2.35. The zero-order chi connectivity index (χ0) is 25.5. The van der Waals surface area contributed by atoms with E-state index >= 15 is 0 Å². The van der Waals surface area contributed by atoms with Crippen molar-refractivity contribution in [3.8, 4) is 0 Å². The predicted octanol–water partition coefficient (Wildman–Crippen LogP) is 3.76. The molecule has 2 amide bonds. The Kier molecular flexibility index (Phi) is 5.75. The van der Waals surface area contributed by atoms with Crippen molar-refractivity contribution in [1.82, 2.24) is 19.4 Å². The van der Waals surface area contributed by atoms with Gasteiger partial charge in [-0.25, -0.2) is 0 Å². The molecule has 186 valence electrons. The van der Waals surface area contributed by atoms with E-state index in [0.29, 0.717) is 25.2 Å². The van der Waals surface area contributed by atoms with Crippen molar-refractivity contribution < 1.29 is 9.59 Å². The Morgan fingerprint density at radius 2 is 1.70 bits per heavy atom. The van der Waals surface area contributed by atoms with Crippen LogP contribution in [0.25, 0.3) is 17.0 Å². The van der Waals surface area contributed by atoms with Crippen LogP contribution in [0.3, 0.4) is 0 Å². The van der Waals surface area contributed by atoms with Crippen molar-refractivity contribution in [2.75, 3.05) is 13.1 Å². The maximum Gasteiger partial charge on any atom is 0.270 e. The molecule has 2 bridgehead atoms. The third-order valence-electron chi connectivity index (χ3n) is 7.51. The summed E-state index contributed by atoms with van der Waals surface area (Å²) in [4.78, 5) is 41.4. The van der Waals surface area contributed by atoms with Gasteiger partial charge in [0.05, 0.1) is 0 Å². The lowest BCUT2D eigenvalue weighted by Crippen LogP contribution is -2.50. The summed E-state index contributed by atoms with van der Waals surface area (Å²) in [5.74, 6) is -0.249. The molecule has 0 unspecified atom stereocenters. The van der Waals surface area contributed by atoms with Gasteiger partial charge in [-0.05, 0) is 42.7 Å². The number of piperidine rings is 1. The van der Waals surface area contributed by atoms with Gasteiger partial charge in [0, 0.05) is 72.6 Å². The number of aryl methyl sites for hydroxylation is 1. The first-order valence-electron chi connectivity index (χ1n) is 12.6. The Labute approximate surface area is 214 Å². The van der Waals surface area contributed by atoms with E-state index in [4.69, 9.17) is 0 Å². The average Bonchev–Trinajstić information content (AvgIpc) is 3.24. The van der Waals surface area contributed by atoms with Gasteiger partial charge in [0.15, 0.2) is 0 Å². The van der Waals surface area contributed by atoms with Crippen LogP contribution >= 0.6 is 0 Å². The first-order valence-corrected chi connectivity index (χ1v) is 12.6. The van der Waals surface area contributed by atoms with Crippen LogP contribution in [0.5, 0.6) is 0 Å². The number of likely N-dealkylation sites (tertiary alicyclic amines) is 1. The molecular formula is C30H28N4O3. The third kappa shape index (κ3) is 4.27. The molecule has 7 heteroatoms. The Morgan fingerprint density at radius 3 is 2.54 bits per heavy atom. The van der Waals surface area contributed by atoms with Gasteiger partial charge >= 0.3 is 0 Å². The second-order valence-corrected chi connectivity index (χ2v) is 10.00. The monoisotopic (exact) mass is 492 g/mol. The lowest BCUT2D eigenvalue weighted by molar-refractivity contribution is -0.130. The smallest absolute Gasteiger partial charge is 0.270 e. The van der Waals surface area contributed by atoms with Gasteiger partial charge < -0.3 is 19.4 Å². The van der Waals surface area contributed by atoms with E-state index in [2.05, 4.69) is 5.32 Å². The average molecular weight is 493 g/mol. The van der Waals surface area contributed by atoms with Crippen LogP contribution in [0.2, 0.25) is 0 Å². The number of amides is 2. The summed E-state index contributed by atoms with van der Waals surface area (Å²) in [7, 11) is 1.97. The SMILES string of the molecule is Cn1cc(/C=C(\NC(=O)c2ccccc2)C(=O)N2C[C@H]3C[C@H](C2)c2cccc(=O)n2C3)c2ccccc21. The minimum absolute atomic E-state index is 0.0126. The van der Waals surface area contributed by atoms with E-state index in [9.17, 15) is 14.4 Å². The van der Waals surface area contributed by atoms with Crippen molar-refractivity contribution in [3.63, 3.8) is 0 Å². The van der Waals surface area contributed by atoms with E-state index in [1.807, 2.05) is 63.7 Å². The van der Waals surface area contributed by atoms with E-state index in [-0.39, 0.29) is 34.9 Å². The van der Waals surface area contributed by atoms with Crippen LogP contribution in [0.4, 0.5) is 0 Å². The van der Waals surface area contributed by atoms with Crippen molar-refractivity contribution in [2.45, 2.75) is 18.9 Å². The highest BCUT2D eigenvalue weighted by Gasteiger charge is 2.37. The number of nitrogens with zero attached hydrogens (tertiary/aromatic N) is 3. The second kappa shape index (κ2) is 9.24. The van der Waals surface area contributed by atoms with Crippen molar-refractivity contribution in [3.05, 3.63) is 112 Å². The number of para-hydroxylation sites is 1. The largest absolute Gasteiger partial charge is 0.350 e. The topological polar surface area (TPSA) is 76.3 Å². The van der Waals surface area contributed by atoms with Crippen molar-refractivity contribution in [2.24, 2.45) is 13.0 Å². The van der Waals surface area contributed by atoms with E-state index in [1.54, 1.807) is 42.5 Å². The fraction of sp³-hybridized carbons (Fsp3) is 0.233. The van der Waals surface area contributed by atoms with Crippen LogP contribution in [0.15, 0.2) is 89.5 Å². The minimum atomic E-state index is -0.325. The minimum Gasteiger partial charge on any atom is -0.350 e. The molecule has 2 aromatic heterocycles. The van der Waals surface area contributed by atoms with Gasteiger partial charge in [0.2, 0.25) is 0 Å². The Hall–Kier alpha value is -4.39. The van der Waals surface area contributed by atoms with Gasteiger partial charge in [0.25, 0.3) is 17.4 Å². The summed E-state index contributed by atoms with van der Waals surface area (Å²) >= 11 is 0. The quantitative estimate of drug-likeness (QED) is 0.441. The molecule has 0 aliphatic carbocycles. The van der Waals surface area contributed by atoms with E-state index < -0.39 is 0 Å². The molecule has 1 N–H and O–H groups in total. The number of pyridine rings is 1. The summed E-state index contributed by atoms with van der Waals surface area (Å²) < 4.78 is 3.87. The number of nitrogens with one attached hydrogen (secondary N) is 1. The molecule has 2 atom stereocenters. The van der Waals surface area contributed by atoms with Gasteiger partial charge in [-0.2, -0.15) is 0 Å². The lowest BCUT2D eigenvalue weighted by Gasteiger charge is -2.43. The molecule has 2 aliphatic rings. The van der Waals surface area contributed by atoms with Crippen LogP contribution in [0.1, 0.15) is 34.0 Å². The number of carbonyl (C=O) groups is 2. The number of hydrogen-bond donors (Lipinski definition) is 1. The van der Waals surface area contributed by atoms with Crippen molar-refractivity contribution >= 4 is 28.8 Å². The summed E-state index contributed by atoms with van der Waals surface area (Å²) in [6.45, 7) is 1.66. The first kappa shape index (κ1) is 23.0. The molecule has 1 fully saturated rings. The lowest BCUT2D eigenvalue weighted by atomic mass is 9.83. The van der Waals surface area contributed by atoms with Gasteiger partial charge in [-0.1, -0.05) is 42.5 Å².